The normalized spacial score (nSPS) is 11.1. The van der Waals surface area contributed by atoms with Crippen LogP contribution in [0.4, 0.5) is 5.88 Å². The van der Waals surface area contributed by atoms with Crippen molar-refractivity contribution < 1.29 is 9.20 Å². The molecule has 2 heterocycles. The number of halogens is 1. The van der Waals surface area contributed by atoms with E-state index in [1.165, 1.54) is 4.68 Å². The molecule has 0 fully saturated rings. The van der Waals surface area contributed by atoms with Crippen molar-refractivity contribution in [3.8, 4) is 22.6 Å². The van der Waals surface area contributed by atoms with Gasteiger partial charge < -0.3 is 5.73 Å². The summed E-state index contributed by atoms with van der Waals surface area (Å²) in [7, 11) is 1.82. The van der Waals surface area contributed by atoms with Crippen LogP contribution in [-0.4, -0.2) is 14.6 Å². The summed E-state index contributed by atoms with van der Waals surface area (Å²) in [5, 5.41) is 4.61. The lowest BCUT2D eigenvalue weighted by Crippen LogP contribution is -2.40. The molecule has 0 unspecified atom stereocenters. The van der Waals surface area contributed by atoms with E-state index in [0.29, 0.717) is 16.4 Å². The minimum absolute atomic E-state index is 0.117. The number of anilines is 1. The molecule has 7 nitrogen and oxygen atoms in total. The average Bonchev–Trinajstić information content (AvgIpc) is 3.14. The van der Waals surface area contributed by atoms with Crippen LogP contribution in [0.1, 0.15) is 5.69 Å². The number of hydrogen-bond donors (Lipinski definition) is 1. The van der Waals surface area contributed by atoms with Crippen LogP contribution in [0.15, 0.2) is 63.9 Å². The Kier molecular flexibility index (Phi) is 4.08. The molecule has 0 aliphatic rings. The van der Waals surface area contributed by atoms with Gasteiger partial charge in [-0.25, -0.2) is 4.68 Å². The number of rotatable bonds is 3. The minimum Gasteiger partial charge on any atom is -0.362 e. The SMILES string of the molecule is Cc1c(-[n+]2noc(N)c2-c2ccc(Cl)cc2)c(=O)n(-c2ccccc2)n1C. The highest BCUT2D eigenvalue weighted by Gasteiger charge is 2.34. The molecule has 27 heavy (non-hydrogen) atoms. The maximum atomic E-state index is 13.2. The molecular weight excluding hydrogens is 366 g/mol. The summed E-state index contributed by atoms with van der Waals surface area (Å²) in [5.74, 6) is 0.117. The third-order valence-electron chi connectivity index (χ3n) is 4.52. The maximum Gasteiger partial charge on any atom is 0.346 e. The molecule has 0 aliphatic heterocycles. The fraction of sp³-hybridized carbons (Fsp3) is 0.105. The van der Waals surface area contributed by atoms with Gasteiger partial charge in [-0.2, -0.15) is 0 Å². The maximum absolute atomic E-state index is 13.2. The lowest BCUT2D eigenvalue weighted by atomic mass is 10.1. The molecule has 0 bridgehead atoms. The molecule has 0 saturated carbocycles. The fourth-order valence-electron chi connectivity index (χ4n) is 3.10. The summed E-state index contributed by atoms with van der Waals surface area (Å²) in [6.45, 7) is 1.85. The number of aromatic nitrogens is 4. The third kappa shape index (κ3) is 2.72. The van der Waals surface area contributed by atoms with Crippen LogP contribution in [-0.2, 0) is 7.05 Å². The second-order valence-corrected chi connectivity index (χ2v) is 6.55. The number of nitrogens with two attached hydrogens (primary N) is 1. The first-order valence-corrected chi connectivity index (χ1v) is 8.64. The van der Waals surface area contributed by atoms with Crippen LogP contribution in [0.2, 0.25) is 5.02 Å². The largest absolute Gasteiger partial charge is 0.362 e. The van der Waals surface area contributed by atoms with Crippen LogP contribution in [0.3, 0.4) is 0 Å². The van der Waals surface area contributed by atoms with Crippen molar-refractivity contribution in [2.45, 2.75) is 6.92 Å². The number of hydrogen-bond acceptors (Lipinski definition) is 4. The Morgan fingerprint density at radius 1 is 1.11 bits per heavy atom. The van der Waals surface area contributed by atoms with Crippen molar-refractivity contribution >= 4 is 17.5 Å². The molecule has 2 aromatic carbocycles. The Morgan fingerprint density at radius 2 is 1.78 bits per heavy atom. The van der Waals surface area contributed by atoms with Crippen LogP contribution < -0.4 is 16.0 Å². The zero-order valence-electron chi connectivity index (χ0n) is 14.8. The van der Waals surface area contributed by atoms with Gasteiger partial charge >= 0.3 is 22.8 Å². The Balaban J connectivity index is 1.97. The fourth-order valence-corrected chi connectivity index (χ4v) is 3.22. The molecule has 2 aromatic heterocycles. The van der Waals surface area contributed by atoms with Crippen molar-refractivity contribution in [3.05, 3.63) is 75.7 Å². The van der Waals surface area contributed by atoms with Gasteiger partial charge in [0.05, 0.1) is 11.3 Å². The number of nitrogen functional groups attached to an aromatic ring is 1. The van der Waals surface area contributed by atoms with Gasteiger partial charge in [-0.15, -0.1) is 0 Å². The molecule has 0 spiro atoms. The second kappa shape index (κ2) is 6.44. The molecular formula is C19H17ClN5O2+. The summed E-state index contributed by atoms with van der Waals surface area (Å²) in [6, 6.07) is 16.5. The van der Waals surface area contributed by atoms with Crippen LogP contribution >= 0.6 is 11.6 Å². The Morgan fingerprint density at radius 3 is 2.44 bits per heavy atom. The second-order valence-electron chi connectivity index (χ2n) is 6.11. The summed E-state index contributed by atoms with van der Waals surface area (Å²) in [6.07, 6.45) is 0. The van der Waals surface area contributed by atoms with Crippen LogP contribution in [0.25, 0.3) is 22.6 Å². The van der Waals surface area contributed by atoms with E-state index in [1.54, 1.807) is 33.6 Å². The van der Waals surface area contributed by atoms with E-state index in [0.717, 1.165) is 16.9 Å². The minimum atomic E-state index is -0.227. The zero-order chi connectivity index (χ0) is 19.1. The Labute approximate surface area is 159 Å². The molecule has 136 valence electrons. The number of para-hydroxylation sites is 1. The smallest absolute Gasteiger partial charge is 0.346 e. The molecule has 4 rings (SSSR count). The van der Waals surface area contributed by atoms with Crippen molar-refractivity contribution in [3.63, 3.8) is 0 Å². The highest BCUT2D eigenvalue weighted by molar-refractivity contribution is 6.30. The molecule has 0 radical (unpaired) electrons. The van der Waals surface area contributed by atoms with Gasteiger partial charge in [-0.3, -0.25) is 14.0 Å². The summed E-state index contributed by atoms with van der Waals surface area (Å²) in [4.78, 5) is 13.2. The van der Waals surface area contributed by atoms with Crippen molar-refractivity contribution in [1.29, 1.82) is 0 Å². The van der Waals surface area contributed by atoms with E-state index < -0.39 is 0 Å². The van der Waals surface area contributed by atoms with Crippen LogP contribution in [0, 0.1) is 6.92 Å². The predicted octanol–water partition coefficient (Wildman–Crippen LogP) is 2.65. The van der Waals surface area contributed by atoms with Gasteiger partial charge in [0, 0.05) is 16.8 Å². The first kappa shape index (κ1) is 17.1. The molecule has 0 atom stereocenters. The summed E-state index contributed by atoms with van der Waals surface area (Å²) < 4.78 is 9.99. The Hall–Kier alpha value is -3.32. The van der Waals surface area contributed by atoms with Gasteiger partial charge in [0.2, 0.25) is 5.27 Å². The van der Waals surface area contributed by atoms with Crippen molar-refractivity contribution in [2.24, 2.45) is 7.05 Å². The first-order chi connectivity index (χ1) is 13.0. The quantitative estimate of drug-likeness (QED) is 0.552. The Bertz CT molecular complexity index is 1170. The highest BCUT2D eigenvalue weighted by atomic mass is 35.5. The lowest BCUT2D eigenvalue weighted by molar-refractivity contribution is -0.661. The van der Waals surface area contributed by atoms with Crippen molar-refractivity contribution in [1.82, 2.24) is 14.6 Å². The van der Waals surface area contributed by atoms with E-state index >= 15 is 0 Å². The first-order valence-electron chi connectivity index (χ1n) is 8.27. The molecule has 0 amide bonds. The molecule has 2 N–H and O–H groups in total. The van der Waals surface area contributed by atoms with Gasteiger partial charge in [0.1, 0.15) is 5.69 Å². The average molecular weight is 383 g/mol. The number of nitrogens with zero attached hydrogens (tertiary/aromatic N) is 4. The topological polar surface area (TPSA) is 82.9 Å². The van der Waals surface area contributed by atoms with Gasteiger partial charge in [-0.05, 0) is 43.3 Å². The highest BCUT2D eigenvalue weighted by Crippen LogP contribution is 2.25. The monoisotopic (exact) mass is 382 g/mol. The van der Waals surface area contributed by atoms with E-state index in [1.807, 2.05) is 44.3 Å². The predicted molar refractivity (Wildman–Crippen MR) is 102 cm³/mol. The van der Waals surface area contributed by atoms with Crippen LogP contribution in [0.5, 0.6) is 0 Å². The standard InChI is InChI=1S/C19H17ClN5O2/c1-12-16(19(26)25(23(12)2)15-6-4-3-5-7-15)24-17(18(21)27-22-24)13-8-10-14(20)11-9-13/h3-11H,21H2,1-2H3/q+1. The zero-order valence-corrected chi connectivity index (χ0v) is 15.5. The van der Waals surface area contributed by atoms with E-state index in [2.05, 4.69) is 5.27 Å². The molecule has 4 aromatic rings. The van der Waals surface area contributed by atoms with E-state index in [4.69, 9.17) is 21.9 Å². The summed E-state index contributed by atoms with van der Waals surface area (Å²) in [5.41, 5.74) is 8.86. The van der Waals surface area contributed by atoms with Gasteiger partial charge in [0.15, 0.2) is 0 Å². The number of benzene rings is 2. The van der Waals surface area contributed by atoms with Gasteiger partial charge in [0.25, 0.3) is 0 Å². The summed E-state index contributed by atoms with van der Waals surface area (Å²) >= 11 is 5.98. The van der Waals surface area contributed by atoms with E-state index in [-0.39, 0.29) is 11.4 Å². The van der Waals surface area contributed by atoms with Crippen molar-refractivity contribution in [2.75, 3.05) is 5.73 Å². The van der Waals surface area contributed by atoms with E-state index in [9.17, 15) is 4.79 Å². The molecule has 0 saturated heterocycles. The van der Waals surface area contributed by atoms with Gasteiger partial charge in [-0.1, -0.05) is 29.8 Å². The molecule has 0 aliphatic carbocycles. The molecule has 8 heteroatoms. The third-order valence-corrected chi connectivity index (χ3v) is 4.77. The lowest BCUT2D eigenvalue weighted by Gasteiger charge is -2.06.